The van der Waals surface area contributed by atoms with E-state index in [4.69, 9.17) is 8.83 Å². The van der Waals surface area contributed by atoms with Gasteiger partial charge >= 0.3 is 0 Å². The van der Waals surface area contributed by atoms with Gasteiger partial charge in [0.25, 0.3) is 0 Å². The standard InChI is InChI=1S/C23H20O4/c1-14(24)6-9-22-23(21-10-7-15(2)26-21)19-13-17(8-11-20(19)27-22)16-4-3-5-18(25)12-16/h3-5,7-8,10-13,25H,6,9H2,1-2H3. The van der Waals surface area contributed by atoms with Crippen LogP contribution in [0.5, 0.6) is 5.75 Å². The van der Waals surface area contributed by atoms with Crippen molar-refractivity contribution in [3.8, 4) is 28.2 Å². The Morgan fingerprint density at radius 2 is 1.81 bits per heavy atom. The molecule has 4 nitrogen and oxygen atoms in total. The third kappa shape index (κ3) is 3.38. The van der Waals surface area contributed by atoms with Crippen molar-refractivity contribution in [1.82, 2.24) is 0 Å². The number of carbonyl (C=O) groups is 1. The van der Waals surface area contributed by atoms with Crippen molar-refractivity contribution in [1.29, 1.82) is 0 Å². The summed E-state index contributed by atoms with van der Waals surface area (Å²) in [5.41, 5.74) is 3.54. The molecule has 0 amide bonds. The van der Waals surface area contributed by atoms with Gasteiger partial charge in [0, 0.05) is 18.2 Å². The Bertz CT molecular complexity index is 1130. The first-order chi connectivity index (χ1) is 13.0. The van der Waals surface area contributed by atoms with E-state index in [1.165, 1.54) is 0 Å². The van der Waals surface area contributed by atoms with Gasteiger partial charge < -0.3 is 18.7 Å². The molecular formula is C23H20O4. The van der Waals surface area contributed by atoms with Gasteiger partial charge in [0.2, 0.25) is 0 Å². The molecule has 2 aromatic heterocycles. The van der Waals surface area contributed by atoms with Crippen LogP contribution in [-0.2, 0) is 11.2 Å². The first kappa shape index (κ1) is 17.2. The SMILES string of the molecule is CC(=O)CCc1oc2ccc(-c3cccc(O)c3)cc2c1-c1ccc(C)o1. The summed E-state index contributed by atoms with van der Waals surface area (Å²) >= 11 is 0. The zero-order valence-electron chi connectivity index (χ0n) is 15.3. The molecule has 4 heteroatoms. The van der Waals surface area contributed by atoms with E-state index in [-0.39, 0.29) is 11.5 Å². The molecule has 2 heterocycles. The molecule has 2 aromatic carbocycles. The topological polar surface area (TPSA) is 63.6 Å². The summed E-state index contributed by atoms with van der Waals surface area (Å²) in [5.74, 6) is 2.66. The van der Waals surface area contributed by atoms with E-state index in [0.717, 1.165) is 44.9 Å². The van der Waals surface area contributed by atoms with E-state index < -0.39 is 0 Å². The van der Waals surface area contributed by atoms with Crippen molar-refractivity contribution < 1.29 is 18.7 Å². The van der Waals surface area contributed by atoms with Gasteiger partial charge in [0.15, 0.2) is 0 Å². The first-order valence-corrected chi connectivity index (χ1v) is 8.92. The number of hydrogen-bond acceptors (Lipinski definition) is 4. The van der Waals surface area contributed by atoms with E-state index >= 15 is 0 Å². The van der Waals surface area contributed by atoms with Gasteiger partial charge in [-0.1, -0.05) is 18.2 Å². The molecule has 0 saturated carbocycles. The largest absolute Gasteiger partial charge is 0.508 e. The minimum Gasteiger partial charge on any atom is -0.508 e. The highest BCUT2D eigenvalue weighted by Gasteiger charge is 2.19. The van der Waals surface area contributed by atoms with Gasteiger partial charge in [-0.05, 0) is 61.4 Å². The van der Waals surface area contributed by atoms with Crippen LogP contribution in [0.4, 0.5) is 0 Å². The Morgan fingerprint density at radius 3 is 2.52 bits per heavy atom. The van der Waals surface area contributed by atoms with Crippen LogP contribution in [0.15, 0.2) is 63.4 Å². The first-order valence-electron chi connectivity index (χ1n) is 8.92. The van der Waals surface area contributed by atoms with Gasteiger partial charge in [-0.15, -0.1) is 0 Å². The van der Waals surface area contributed by atoms with Gasteiger partial charge in [0.05, 0.1) is 5.56 Å². The number of ketones is 1. The quantitative estimate of drug-likeness (QED) is 0.481. The summed E-state index contributed by atoms with van der Waals surface area (Å²) < 4.78 is 11.9. The molecule has 0 aliphatic heterocycles. The Hall–Kier alpha value is -3.27. The maximum atomic E-state index is 11.5. The van der Waals surface area contributed by atoms with Crippen molar-refractivity contribution in [3.05, 3.63) is 66.1 Å². The second kappa shape index (κ2) is 6.80. The van der Waals surface area contributed by atoms with E-state index in [0.29, 0.717) is 12.8 Å². The molecule has 1 N–H and O–H groups in total. The fraction of sp³-hybridized carbons (Fsp3) is 0.174. The molecule has 0 spiro atoms. The third-order valence-corrected chi connectivity index (χ3v) is 4.63. The van der Waals surface area contributed by atoms with Gasteiger partial charge in [-0.3, -0.25) is 0 Å². The highest BCUT2D eigenvalue weighted by molar-refractivity contribution is 5.97. The normalized spacial score (nSPS) is 11.2. The predicted octanol–water partition coefficient (Wildman–Crippen LogP) is 5.90. The van der Waals surface area contributed by atoms with E-state index in [1.54, 1.807) is 19.1 Å². The molecular weight excluding hydrogens is 340 g/mol. The summed E-state index contributed by atoms with van der Waals surface area (Å²) in [6.45, 7) is 3.48. The van der Waals surface area contributed by atoms with E-state index in [9.17, 15) is 9.90 Å². The summed E-state index contributed by atoms with van der Waals surface area (Å²) in [6.07, 6.45) is 0.951. The lowest BCUT2D eigenvalue weighted by atomic mass is 10.00. The average Bonchev–Trinajstić information content (AvgIpc) is 3.22. The number of phenols is 1. The highest BCUT2D eigenvalue weighted by atomic mass is 16.4. The summed E-state index contributed by atoms with van der Waals surface area (Å²) in [5, 5.41) is 10.7. The van der Waals surface area contributed by atoms with Crippen LogP contribution < -0.4 is 0 Å². The van der Waals surface area contributed by atoms with Crippen LogP contribution >= 0.6 is 0 Å². The highest BCUT2D eigenvalue weighted by Crippen LogP contribution is 2.38. The molecule has 0 fully saturated rings. The summed E-state index contributed by atoms with van der Waals surface area (Å²) in [7, 11) is 0. The van der Waals surface area contributed by atoms with E-state index in [2.05, 4.69) is 0 Å². The number of phenolic OH excluding ortho intramolecular Hbond substituents is 1. The summed E-state index contributed by atoms with van der Waals surface area (Å²) in [6, 6.07) is 16.9. The van der Waals surface area contributed by atoms with Crippen LogP contribution in [0, 0.1) is 6.92 Å². The van der Waals surface area contributed by atoms with Crippen LogP contribution in [0.25, 0.3) is 33.4 Å². The zero-order chi connectivity index (χ0) is 19.0. The van der Waals surface area contributed by atoms with Crippen molar-refractivity contribution in [3.63, 3.8) is 0 Å². The number of furan rings is 2. The average molecular weight is 360 g/mol. The van der Waals surface area contributed by atoms with Crippen LogP contribution in [-0.4, -0.2) is 10.9 Å². The van der Waals surface area contributed by atoms with Gasteiger partial charge in [-0.25, -0.2) is 0 Å². The lowest BCUT2D eigenvalue weighted by Gasteiger charge is -2.03. The number of rotatable bonds is 5. The Morgan fingerprint density at radius 1 is 1.00 bits per heavy atom. The lowest BCUT2D eigenvalue weighted by Crippen LogP contribution is -1.94. The number of fused-ring (bicyclic) bond motifs is 1. The number of carbonyl (C=O) groups excluding carboxylic acids is 1. The minimum atomic E-state index is 0.123. The Balaban J connectivity index is 1.89. The van der Waals surface area contributed by atoms with Crippen molar-refractivity contribution >= 4 is 16.8 Å². The van der Waals surface area contributed by atoms with Gasteiger partial charge in [0.1, 0.15) is 34.4 Å². The molecule has 0 atom stereocenters. The maximum Gasteiger partial charge on any atom is 0.138 e. The second-order valence-electron chi connectivity index (χ2n) is 6.77. The van der Waals surface area contributed by atoms with Crippen molar-refractivity contribution in [2.75, 3.05) is 0 Å². The molecule has 136 valence electrons. The number of hydrogen-bond donors (Lipinski definition) is 1. The molecule has 0 unspecified atom stereocenters. The predicted molar refractivity (Wildman–Crippen MR) is 105 cm³/mol. The molecule has 0 radical (unpaired) electrons. The lowest BCUT2D eigenvalue weighted by molar-refractivity contribution is -0.117. The van der Waals surface area contributed by atoms with Crippen LogP contribution in [0.2, 0.25) is 0 Å². The summed E-state index contributed by atoms with van der Waals surface area (Å²) in [4.78, 5) is 11.5. The third-order valence-electron chi connectivity index (χ3n) is 4.63. The molecule has 27 heavy (non-hydrogen) atoms. The Labute approximate surface area is 157 Å². The van der Waals surface area contributed by atoms with Crippen LogP contribution in [0.1, 0.15) is 24.9 Å². The number of aryl methyl sites for hydroxylation is 2. The van der Waals surface area contributed by atoms with E-state index in [1.807, 2.05) is 49.4 Å². The maximum absolute atomic E-state index is 11.5. The van der Waals surface area contributed by atoms with Crippen molar-refractivity contribution in [2.24, 2.45) is 0 Å². The molecule has 0 saturated heterocycles. The fourth-order valence-corrected chi connectivity index (χ4v) is 3.32. The molecule has 4 aromatic rings. The molecule has 0 bridgehead atoms. The fourth-order valence-electron chi connectivity index (χ4n) is 3.32. The zero-order valence-corrected chi connectivity index (χ0v) is 15.3. The van der Waals surface area contributed by atoms with Gasteiger partial charge in [-0.2, -0.15) is 0 Å². The molecule has 0 aliphatic carbocycles. The number of benzene rings is 2. The van der Waals surface area contributed by atoms with Crippen molar-refractivity contribution in [2.45, 2.75) is 26.7 Å². The minimum absolute atomic E-state index is 0.123. The smallest absolute Gasteiger partial charge is 0.138 e. The number of aromatic hydroxyl groups is 1. The number of Topliss-reactive ketones (excluding diaryl/α,β-unsaturated/α-hetero) is 1. The Kier molecular flexibility index (Phi) is 4.32. The monoisotopic (exact) mass is 360 g/mol. The molecule has 4 rings (SSSR count). The second-order valence-corrected chi connectivity index (χ2v) is 6.77. The molecule has 0 aliphatic rings. The van der Waals surface area contributed by atoms with Crippen LogP contribution in [0.3, 0.4) is 0 Å².